The van der Waals surface area contributed by atoms with Gasteiger partial charge in [-0.25, -0.2) is 13.1 Å². The third kappa shape index (κ3) is 3.58. The number of nitrogens with one attached hydrogen (secondary N) is 1. The molecular weight excluding hydrogens is 230 g/mol. The van der Waals surface area contributed by atoms with Crippen molar-refractivity contribution in [2.75, 3.05) is 6.54 Å². The lowest BCUT2D eigenvalue weighted by molar-refractivity contribution is 0.182. The molecule has 0 spiro atoms. The minimum Gasteiger partial charge on any atom is -0.393 e. The fourth-order valence-corrected chi connectivity index (χ4v) is 2.50. The summed E-state index contributed by atoms with van der Waals surface area (Å²) in [5, 5.41) is 13.0. The van der Waals surface area contributed by atoms with Crippen molar-refractivity contribution in [3.8, 4) is 0 Å². The Morgan fingerprint density at radius 1 is 1.62 bits per heavy atom. The molecule has 0 amide bonds. The minimum absolute atomic E-state index is 0.143. The van der Waals surface area contributed by atoms with Crippen molar-refractivity contribution in [3.63, 3.8) is 0 Å². The van der Waals surface area contributed by atoms with Crippen LogP contribution in [0.5, 0.6) is 0 Å². The molecule has 2 N–H and O–H groups in total. The molecular formula is C9H17N3O3S. The van der Waals surface area contributed by atoms with E-state index in [2.05, 4.69) is 9.82 Å². The fraction of sp³-hybridized carbons (Fsp3) is 0.667. The van der Waals surface area contributed by atoms with Crippen molar-refractivity contribution < 1.29 is 13.5 Å². The number of rotatable bonds is 6. The van der Waals surface area contributed by atoms with Gasteiger partial charge in [0.05, 0.1) is 12.3 Å². The molecule has 1 rings (SSSR count). The molecule has 0 aromatic carbocycles. The molecule has 1 heterocycles. The summed E-state index contributed by atoms with van der Waals surface area (Å²) < 4.78 is 27.2. The van der Waals surface area contributed by atoms with Crippen LogP contribution in [0, 0.1) is 0 Å². The van der Waals surface area contributed by atoms with E-state index in [0.29, 0.717) is 19.4 Å². The van der Waals surface area contributed by atoms with Crippen molar-refractivity contribution in [3.05, 3.63) is 12.3 Å². The average molecular weight is 247 g/mol. The number of aromatic nitrogens is 2. The first-order valence-corrected chi connectivity index (χ1v) is 6.57. The lowest BCUT2D eigenvalue weighted by atomic mass is 10.2. The highest BCUT2D eigenvalue weighted by Crippen LogP contribution is 2.05. The van der Waals surface area contributed by atoms with Crippen molar-refractivity contribution in [1.82, 2.24) is 14.5 Å². The molecule has 0 aliphatic carbocycles. The van der Waals surface area contributed by atoms with E-state index >= 15 is 0 Å². The van der Waals surface area contributed by atoms with Gasteiger partial charge in [0.2, 0.25) is 0 Å². The molecule has 1 unspecified atom stereocenters. The summed E-state index contributed by atoms with van der Waals surface area (Å²) in [7, 11) is -1.90. The lowest BCUT2D eigenvalue weighted by Crippen LogP contribution is -2.27. The van der Waals surface area contributed by atoms with Crippen molar-refractivity contribution in [2.45, 2.75) is 30.9 Å². The molecule has 7 heteroatoms. The van der Waals surface area contributed by atoms with Crippen molar-refractivity contribution in [1.29, 1.82) is 0 Å². The van der Waals surface area contributed by atoms with Crippen LogP contribution < -0.4 is 4.72 Å². The van der Waals surface area contributed by atoms with Crippen molar-refractivity contribution in [2.24, 2.45) is 7.05 Å². The Balaban J connectivity index is 2.51. The van der Waals surface area contributed by atoms with Crippen LogP contribution in [0.15, 0.2) is 17.3 Å². The largest absolute Gasteiger partial charge is 0.393 e. The van der Waals surface area contributed by atoms with Gasteiger partial charge in [-0.05, 0) is 25.8 Å². The maximum atomic E-state index is 11.7. The highest BCUT2D eigenvalue weighted by Gasteiger charge is 2.16. The second kappa shape index (κ2) is 5.42. The van der Waals surface area contributed by atoms with E-state index in [9.17, 15) is 8.42 Å². The van der Waals surface area contributed by atoms with Crippen LogP contribution in [0.25, 0.3) is 0 Å². The van der Waals surface area contributed by atoms with E-state index < -0.39 is 16.1 Å². The molecule has 0 fully saturated rings. The first-order valence-electron chi connectivity index (χ1n) is 5.09. The normalized spacial score (nSPS) is 13.9. The second-order valence-corrected chi connectivity index (χ2v) is 5.40. The Labute approximate surface area is 95.3 Å². The van der Waals surface area contributed by atoms with E-state index in [4.69, 9.17) is 5.11 Å². The quantitative estimate of drug-likeness (QED) is 0.685. The van der Waals surface area contributed by atoms with E-state index in [1.54, 1.807) is 14.0 Å². The zero-order chi connectivity index (χ0) is 12.2. The molecule has 0 aliphatic rings. The number of aliphatic hydroxyl groups is 1. The third-order valence-electron chi connectivity index (χ3n) is 2.14. The van der Waals surface area contributed by atoms with Gasteiger partial charge >= 0.3 is 0 Å². The number of hydrogen-bond acceptors (Lipinski definition) is 4. The number of nitrogens with zero attached hydrogens (tertiary/aromatic N) is 2. The van der Waals surface area contributed by atoms with E-state index in [0.717, 1.165) is 0 Å². The van der Waals surface area contributed by atoms with Crippen LogP contribution in [-0.4, -0.2) is 36.0 Å². The second-order valence-electron chi connectivity index (χ2n) is 3.68. The van der Waals surface area contributed by atoms with Crippen LogP contribution in [0.3, 0.4) is 0 Å². The first kappa shape index (κ1) is 13.1. The van der Waals surface area contributed by atoms with Gasteiger partial charge in [0.15, 0.2) is 5.03 Å². The summed E-state index contributed by atoms with van der Waals surface area (Å²) in [6.07, 6.45) is 2.22. The van der Waals surface area contributed by atoms with E-state index in [1.165, 1.54) is 16.9 Å². The molecule has 0 aliphatic heterocycles. The van der Waals surface area contributed by atoms with Gasteiger partial charge in [-0.2, -0.15) is 5.10 Å². The van der Waals surface area contributed by atoms with Gasteiger partial charge in [-0.3, -0.25) is 4.68 Å². The molecule has 0 saturated heterocycles. The van der Waals surface area contributed by atoms with E-state index in [1.807, 2.05) is 0 Å². The maximum absolute atomic E-state index is 11.7. The van der Waals surface area contributed by atoms with Crippen LogP contribution in [-0.2, 0) is 17.1 Å². The summed E-state index contributed by atoms with van der Waals surface area (Å²) in [5.41, 5.74) is 0. The molecule has 1 aromatic rings. The summed E-state index contributed by atoms with van der Waals surface area (Å²) in [5.74, 6) is 0. The first-order chi connectivity index (χ1) is 7.43. The number of hydrogen-bond donors (Lipinski definition) is 2. The Bertz CT molecular complexity index is 425. The van der Waals surface area contributed by atoms with Gasteiger partial charge in [0.25, 0.3) is 10.0 Å². The van der Waals surface area contributed by atoms with Gasteiger partial charge in [0, 0.05) is 13.6 Å². The molecule has 1 atom stereocenters. The van der Waals surface area contributed by atoms with Crippen LogP contribution in [0.1, 0.15) is 19.8 Å². The number of sulfonamides is 1. The van der Waals surface area contributed by atoms with Crippen molar-refractivity contribution >= 4 is 10.0 Å². The standard InChI is InChI=1S/C9H17N3O3S/c1-8(13)4-3-6-11-16(14,15)9-5-7-10-12(9)2/h5,7-8,11,13H,3-4,6H2,1-2H3. The molecule has 92 valence electrons. The topological polar surface area (TPSA) is 84.2 Å². The SMILES string of the molecule is CC(O)CCCNS(=O)(=O)c1ccnn1C. The predicted octanol–water partition coefficient (Wildman–Crippen LogP) is -0.141. The number of aliphatic hydroxyl groups excluding tert-OH is 1. The van der Waals surface area contributed by atoms with Gasteiger partial charge in [0.1, 0.15) is 0 Å². The van der Waals surface area contributed by atoms with Crippen LogP contribution in [0.2, 0.25) is 0 Å². The Morgan fingerprint density at radius 3 is 2.81 bits per heavy atom. The van der Waals surface area contributed by atoms with E-state index in [-0.39, 0.29) is 5.03 Å². The zero-order valence-corrected chi connectivity index (χ0v) is 10.2. The van der Waals surface area contributed by atoms with Crippen LogP contribution in [0.4, 0.5) is 0 Å². The smallest absolute Gasteiger partial charge is 0.257 e. The Kier molecular flexibility index (Phi) is 4.45. The Hall–Kier alpha value is -0.920. The third-order valence-corrected chi connectivity index (χ3v) is 3.68. The summed E-state index contributed by atoms with van der Waals surface area (Å²) >= 11 is 0. The summed E-state index contributed by atoms with van der Waals surface area (Å²) in [6.45, 7) is 1.99. The monoisotopic (exact) mass is 247 g/mol. The number of aryl methyl sites for hydroxylation is 1. The fourth-order valence-electron chi connectivity index (χ4n) is 1.30. The molecule has 6 nitrogen and oxygen atoms in total. The zero-order valence-electron chi connectivity index (χ0n) is 9.42. The summed E-state index contributed by atoms with van der Waals surface area (Å²) in [6, 6.07) is 1.44. The molecule has 0 radical (unpaired) electrons. The molecule has 16 heavy (non-hydrogen) atoms. The van der Waals surface area contributed by atoms with Crippen LogP contribution >= 0.6 is 0 Å². The van der Waals surface area contributed by atoms with Gasteiger partial charge < -0.3 is 5.11 Å². The molecule has 0 saturated carbocycles. The lowest BCUT2D eigenvalue weighted by Gasteiger charge is -2.07. The highest BCUT2D eigenvalue weighted by molar-refractivity contribution is 7.89. The maximum Gasteiger partial charge on any atom is 0.257 e. The Morgan fingerprint density at radius 2 is 2.31 bits per heavy atom. The van der Waals surface area contributed by atoms with Gasteiger partial charge in [-0.1, -0.05) is 0 Å². The molecule has 1 aromatic heterocycles. The summed E-state index contributed by atoms with van der Waals surface area (Å²) in [4.78, 5) is 0. The predicted molar refractivity (Wildman–Crippen MR) is 59.3 cm³/mol. The molecule has 0 bridgehead atoms. The van der Waals surface area contributed by atoms with Gasteiger partial charge in [-0.15, -0.1) is 0 Å². The highest BCUT2D eigenvalue weighted by atomic mass is 32.2. The minimum atomic E-state index is -3.48. The average Bonchev–Trinajstić information content (AvgIpc) is 2.59.